The van der Waals surface area contributed by atoms with Gasteiger partial charge >= 0.3 is 0 Å². The molecule has 0 aromatic heterocycles. The lowest BCUT2D eigenvalue weighted by molar-refractivity contribution is 0.102. The van der Waals surface area contributed by atoms with Gasteiger partial charge in [-0.2, -0.15) is 4.31 Å². The third-order valence-electron chi connectivity index (χ3n) is 4.77. The number of aryl methyl sites for hydroxylation is 2. The van der Waals surface area contributed by atoms with Crippen LogP contribution < -0.4 is 5.32 Å². The van der Waals surface area contributed by atoms with Gasteiger partial charge < -0.3 is 5.32 Å². The summed E-state index contributed by atoms with van der Waals surface area (Å²) in [5.41, 5.74) is 4.19. The van der Waals surface area contributed by atoms with Crippen LogP contribution in [0.4, 0.5) is 5.69 Å². The number of benzene rings is 3. The number of sulfonamides is 1. The molecule has 3 rings (SSSR count). The molecule has 0 fully saturated rings. The molecule has 0 atom stereocenters. The van der Waals surface area contributed by atoms with E-state index in [1.165, 1.54) is 4.31 Å². The number of hydrogen-bond donors (Lipinski definition) is 1. The molecule has 0 aliphatic carbocycles. The molecule has 1 amide bonds. The molecular weight excluding hydrogens is 408 g/mol. The van der Waals surface area contributed by atoms with Gasteiger partial charge in [0.25, 0.3) is 5.91 Å². The van der Waals surface area contributed by atoms with E-state index in [0.29, 0.717) is 5.56 Å². The molecule has 0 aliphatic rings. The molecule has 5 nitrogen and oxygen atoms in total. The van der Waals surface area contributed by atoms with Gasteiger partial charge in [0, 0.05) is 24.3 Å². The van der Waals surface area contributed by atoms with Gasteiger partial charge in [-0.05, 0) is 66.9 Å². The molecule has 160 valence electrons. The predicted octanol–water partition coefficient (Wildman–Crippen LogP) is 4.93. The van der Waals surface area contributed by atoms with Crippen LogP contribution in [0.25, 0.3) is 0 Å². The van der Waals surface area contributed by atoms with Gasteiger partial charge in [0.15, 0.2) is 0 Å². The Morgan fingerprint density at radius 3 is 2.16 bits per heavy atom. The van der Waals surface area contributed by atoms with E-state index in [1.54, 1.807) is 60.7 Å². The van der Waals surface area contributed by atoms with Crippen LogP contribution >= 0.6 is 0 Å². The minimum atomic E-state index is -3.65. The van der Waals surface area contributed by atoms with Gasteiger partial charge in [0.1, 0.15) is 0 Å². The van der Waals surface area contributed by atoms with E-state index in [4.69, 9.17) is 0 Å². The third kappa shape index (κ3) is 5.69. The van der Waals surface area contributed by atoms with Gasteiger partial charge in [-0.1, -0.05) is 42.5 Å². The summed E-state index contributed by atoms with van der Waals surface area (Å²) in [5, 5.41) is 2.91. The maximum Gasteiger partial charge on any atom is 0.255 e. The zero-order chi connectivity index (χ0) is 22.4. The first-order valence-electron chi connectivity index (χ1n) is 9.94. The highest BCUT2D eigenvalue weighted by Crippen LogP contribution is 2.19. The fourth-order valence-corrected chi connectivity index (χ4v) is 4.77. The molecular formula is C25H26N2O3S. The van der Waals surface area contributed by atoms with Crippen LogP contribution in [0, 0.1) is 13.8 Å². The molecule has 6 heteroatoms. The molecule has 0 spiro atoms. The molecule has 0 saturated carbocycles. The first-order valence-corrected chi connectivity index (χ1v) is 11.4. The maximum absolute atomic E-state index is 13.0. The zero-order valence-corrected chi connectivity index (χ0v) is 18.5. The summed E-state index contributed by atoms with van der Waals surface area (Å²) >= 11 is 0. The topological polar surface area (TPSA) is 66.5 Å². The lowest BCUT2D eigenvalue weighted by atomic mass is 10.1. The Kier molecular flexibility index (Phi) is 7.05. The fourth-order valence-electron chi connectivity index (χ4n) is 3.35. The Morgan fingerprint density at radius 2 is 1.58 bits per heavy atom. The Balaban J connectivity index is 1.75. The molecule has 0 saturated heterocycles. The number of nitrogens with zero attached hydrogens (tertiary/aromatic N) is 1. The number of anilines is 1. The average Bonchev–Trinajstić information content (AvgIpc) is 2.74. The summed E-state index contributed by atoms with van der Waals surface area (Å²) in [6.45, 7) is 8.01. The van der Waals surface area contributed by atoms with Crippen molar-refractivity contribution < 1.29 is 13.2 Å². The standard InChI is InChI=1S/C25H26N2O3S/c1-4-14-27(31(29,30)24-8-6-5-7-9-24)18-21-10-12-22(13-11-21)25(28)26-23-16-19(2)15-20(3)17-23/h4-13,15-17H,1,14,18H2,2-3H3,(H,26,28). The number of rotatable bonds is 8. The number of carbonyl (C=O) groups excluding carboxylic acids is 1. The van der Waals surface area contributed by atoms with Crippen molar-refractivity contribution in [3.63, 3.8) is 0 Å². The van der Waals surface area contributed by atoms with E-state index in [2.05, 4.69) is 11.9 Å². The van der Waals surface area contributed by atoms with E-state index in [9.17, 15) is 13.2 Å². The summed E-state index contributed by atoms with van der Waals surface area (Å²) in [5.74, 6) is -0.212. The number of hydrogen-bond acceptors (Lipinski definition) is 3. The third-order valence-corrected chi connectivity index (χ3v) is 6.59. The highest BCUT2D eigenvalue weighted by atomic mass is 32.2. The van der Waals surface area contributed by atoms with Crippen molar-refractivity contribution in [1.29, 1.82) is 0 Å². The van der Waals surface area contributed by atoms with Crippen LogP contribution in [0.15, 0.2) is 90.3 Å². The monoisotopic (exact) mass is 434 g/mol. The lowest BCUT2D eigenvalue weighted by Crippen LogP contribution is -2.30. The SMILES string of the molecule is C=CCN(Cc1ccc(C(=O)Nc2cc(C)cc(C)c2)cc1)S(=O)(=O)c1ccccc1. The van der Waals surface area contributed by atoms with Crippen LogP contribution in [0.3, 0.4) is 0 Å². The maximum atomic E-state index is 13.0. The average molecular weight is 435 g/mol. The van der Waals surface area contributed by atoms with E-state index in [1.807, 2.05) is 32.0 Å². The number of carbonyl (C=O) groups is 1. The Bertz CT molecular complexity index is 1150. The van der Waals surface area contributed by atoms with Crippen LogP contribution in [0.5, 0.6) is 0 Å². The molecule has 0 unspecified atom stereocenters. The zero-order valence-electron chi connectivity index (χ0n) is 17.7. The quantitative estimate of drug-likeness (QED) is 0.511. The second-order valence-corrected chi connectivity index (χ2v) is 9.36. The predicted molar refractivity (Wildman–Crippen MR) is 125 cm³/mol. The summed E-state index contributed by atoms with van der Waals surface area (Å²) in [6.07, 6.45) is 1.56. The van der Waals surface area contributed by atoms with E-state index < -0.39 is 10.0 Å². The van der Waals surface area contributed by atoms with Crippen LogP contribution in [0.2, 0.25) is 0 Å². The van der Waals surface area contributed by atoms with Crippen molar-refractivity contribution >= 4 is 21.6 Å². The van der Waals surface area contributed by atoms with Crippen molar-refractivity contribution in [2.75, 3.05) is 11.9 Å². The van der Waals surface area contributed by atoms with E-state index >= 15 is 0 Å². The summed E-state index contributed by atoms with van der Waals surface area (Å²) in [6, 6.07) is 21.1. The summed E-state index contributed by atoms with van der Waals surface area (Å²) in [4.78, 5) is 12.8. The number of amides is 1. The molecule has 3 aromatic carbocycles. The molecule has 0 bridgehead atoms. The van der Waals surface area contributed by atoms with Crippen molar-refractivity contribution in [3.8, 4) is 0 Å². The van der Waals surface area contributed by atoms with Crippen molar-refractivity contribution in [3.05, 3.63) is 108 Å². The second-order valence-electron chi connectivity index (χ2n) is 7.43. The van der Waals surface area contributed by atoms with Gasteiger partial charge in [0.05, 0.1) is 4.90 Å². The van der Waals surface area contributed by atoms with E-state index in [0.717, 1.165) is 22.4 Å². The largest absolute Gasteiger partial charge is 0.322 e. The molecule has 0 radical (unpaired) electrons. The highest BCUT2D eigenvalue weighted by Gasteiger charge is 2.23. The van der Waals surface area contributed by atoms with Gasteiger partial charge in [0.2, 0.25) is 10.0 Å². The minimum Gasteiger partial charge on any atom is -0.322 e. The van der Waals surface area contributed by atoms with Crippen molar-refractivity contribution in [2.45, 2.75) is 25.3 Å². The first-order chi connectivity index (χ1) is 14.8. The molecule has 31 heavy (non-hydrogen) atoms. The summed E-state index contributed by atoms with van der Waals surface area (Å²) < 4.78 is 27.3. The molecule has 1 N–H and O–H groups in total. The lowest BCUT2D eigenvalue weighted by Gasteiger charge is -2.21. The Morgan fingerprint density at radius 1 is 0.968 bits per heavy atom. The van der Waals surface area contributed by atoms with Gasteiger partial charge in [-0.25, -0.2) is 8.42 Å². The van der Waals surface area contributed by atoms with Gasteiger partial charge in [-0.3, -0.25) is 4.79 Å². The van der Waals surface area contributed by atoms with Crippen molar-refractivity contribution in [1.82, 2.24) is 4.31 Å². The minimum absolute atomic E-state index is 0.183. The van der Waals surface area contributed by atoms with Crippen LogP contribution in [0.1, 0.15) is 27.0 Å². The highest BCUT2D eigenvalue weighted by molar-refractivity contribution is 7.89. The van der Waals surface area contributed by atoms with Crippen molar-refractivity contribution in [2.24, 2.45) is 0 Å². The summed E-state index contributed by atoms with van der Waals surface area (Å²) in [7, 11) is -3.65. The number of nitrogens with one attached hydrogen (secondary N) is 1. The van der Waals surface area contributed by atoms with Gasteiger partial charge in [-0.15, -0.1) is 6.58 Å². The Labute approximate surface area is 184 Å². The molecule has 0 heterocycles. The molecule has 3 aromatic rings. The first kappa shape index (κ1) is 22.5. The van der Waals surface area contributed by atoms with E-state index in [-0.39, 0.29) is 23.9 Å². The fraction of sp³-hybridized carbons (Fsp3) is 0.160. The normalized spacial score (nSPS) is 11.3. The Hall–Kier alpha value is -3.22. The van der Waals surface area contributed by atoms with Crippen LogP contribution in [-0.4, -0.2) is 25.2 Å². The molecule has 0 aliphatic heterocycles. The smallest absolute Gasteiger partial charge is 0.255 e. The second kappa shape index (κ2) is 9.73. The van der Waals surface area contributed by atoms with Crippen LogP contribution in [-0.2, 0) is 16.6 Å².